The largest absolute Gasteiger partial charge is 0.494 e. The molecule has 0 aliphatic carbocycles. The summed E-state index contributed by atoms with van der Waals surface area (Å²) in [4.78, 5) is 12.4. The van der Waals surface area contributed by atoms with Crippen LogP contribution in [0.1, 0.15) is 31.7 Å². The lowest BCUT2D eigenvalue weighted by Gasteiger charge is -2.31. The summed E-state index contributed by atoms with van der Waals surface area (Å²) in [6, 6.07) is 8.33. The van der Waals surface area contributed by atoms with Crippen LogP contribution in [0.25, 0.3) is 0 Å². The van der Waals surface area contributed by atoms with Gasteiger partial charge >= 0.3 is 6.09 Å². The van der Waals surface area contributed by atoms with Gasteiger partial charge in [-0.1, -0.05) is 26.0 Å². The summed E-state index contributed by atoms with van der Waals surface area (Å²) in [5, 5.41) is 12.3. The van der Waals surface area contributed by atoms with Crippen molar-refractivity contribution < 1.29 is 14.6 Å². The van der Waals surface area contributed by atoms with Crippen molar-refractivity contribution in [2.45, 2.75) is 32.2 Å². The molecule has 2 rings (SSSR count). The average molecular weight is 292 g/mol. The van der Waals surface area contributed by atoms with E-state index < -0.39 is 6.09 Å². The van der Waals surface area contributed by atoms with E-state index in [0.29, 0.717) is 32.2 Å². The fraction of sp³-hybridized carbons (Fsp3) is 0.562. The van der Waals surface area contributed by atoms with Crippen LogP contribution in [0.4, 0.5) is 4.79 Å². The number of carbonyl (C=O) groups is 1. The first-order chi connectivity index (χ1) is 10.1. The molecule has 0 saturated carbocycles. The van der Waals surface area contributed by atoms with E-state index in [0.717, 1.165) is 12.2 Å². The summed E-state index contributed by atoms with van der Waals surface area (Å²) in [6.45, 7) is 6.72. The second-order valence-electron chi connectivity index (χ2n) is 5.74. The quantitative estimate of drug-likeness (QED) is 0.875. The fourth-order valence-electron chi connectivity index (χ4n) is 2.46. The van der Waals surface area contributed by atoms with Crippen LogP contribution in [0.5, 0.6) is 5.75 Å². The molecule has 1 aromatic carbocycles. The predicted octanol–water partition coefficient (Wildman–Crippen LogP) is 2.53. The number of amides is 1. The number of nitrogens with one attached hydrogen (secondary N) is 1. The van der Waals surface area contributed by atoms with Crippen molar-refractivity contribution in [1.82, 2.24) is 10.2 Å². The molecular formula is C16H24N2O3. The van der Waals surface area contributed by atoms with Gasteiger partial charge in [0.05, 0.1) is 6.61 Å². The molecular weight excluding hydrogens is 268 g/mol. The Morgan fingerprint density at radius 2 is 2.14 bits per heavy atom. The van der Waals surface area contributed by atoms with Crippen LogP contribution in [0.15, 0.2) is 24.3 Å². The number of nitrogens with zero attached hydrogens (tertiary/aromatic N) is 1. The lowest BCUT2D eigenvalue weighted by molar-refractivity contribution is 0.124. The SMILES string of the molecule is CC(C)c1ccc(OCC[C@@H]2CN(C(=O)O)CCN2)cc1. The van der Waals surface area contributed by atoms with Gasteiger partial charge in [0.1, 0.15) is 5.75 Å². The number of rotatable bonds is 5. The van der Waals surface area contributed by atoms with Crippen molar-refractivity contribution in [2.24, 2.45) is 0 Å². The topological polar surface area (TPSA) is 61.8 Å². The van der Waals surface area contributed by atoms with Gasteiger partial charge < -0.3 is 20.1 Å². The highest BCUT2D eigenvalue weighted by molar-refractivity contribution is 5.65. The molecule has 1 heterocycles. The Kier molecular flexibility index (Phi) is 5.44. The zero-order valence-corrected chi connectivity index (χ0v) is 12.7. The highest BCUT2D eigenvalue weighted by Crippen LogP contribution is 2.18. The zero-order valence-electron chi connectivity index (χ0n) is 12.7. The molecule has 1 aliphatic rings. The molecule has 0 bridgehead atoms. The highest BCUT2D eigenvalue weighted by Gasteiger charge is 2.22. The predicted molar refractivity (Wildman–Crippen MR) is 82.0 cm³/mol. The smallest absolute Gasteiger partial charge is 0.407 e. The number of ether oxygens (including phenoxy) is 1. The summed E-state index contributed by atoms with van der Waals surface area (Å²) in [5.41, 5.74) is 1.30. The average Bonchev–Trinajstić information content (AvgIpc) is 2.48. The molecule has 2 N–H and O–H groups in total. The maximum atomic E-state index is 10.9. The Balaban J connectivity index is 1.75. The van der Waals surface area contributed by atoms with Gasteiger partial charge in [-0.3, -0.25) is 0 Å². The van der Waals surface area contributed by atoms with Crippen LogP contribution >= 0.6 is 0 Å². The molecule has 1 atom stereocenters. The summed E-state index contributed by atoms with van der Waals surface area (Å²) in [5.74, 6) is 1.39. The van der Waals surface area contributed by atoms with E-state index in [4.69, 9.17) is 9.84 Å². The third kappa shape index (κ3) is 4.63. The molecule has 5 nitrogen and oxygen atoms in total. The number of carboxylic acid groups (broad SMARTS) is 1. The third-order valence-corrected chi connectivity index (χ3v) is 3.81. The molecule has 1 saturated heterocycles. The van der Waals surface area contributed by atoms with E-state index in [-0.39, 0.29) is 6.04 Å². The van der Waals surface area contributed by atoms with E-state index in [2.05, 4.69) is 31.3 Å². The van der Waals surface area contributed by atoms with Crippen molar-refractivity contribution in [1.29, 1.82) is 0 Å². The Morgan fingerprint density at radius 1 is 1.43 bits per heavy atom. The summed E-state index contributed by atoms with van der Waals surface area (Å²) in [7, 11) is 0. The molecule has 1 amide bonds. The van der Waals surface area contributed by atoms with E-state index in [9.17, 15) is 4.79 Å². The Bertz CT molecular complexity index is 459. The molecule has 0 unspecified atom stereocenters. The maximum Gasteiger partial charge on any atom is 0.407 e. The lowest BCUT2D eigenvalue weighted by atomic mass is 10.0. The second-order valence-corrected chi connectivity index (χ2v) is 5.74. The van der Waals surface area contributed by atoms with Crippen molar-refractivity contribution in [3.05, 3.63) is 29.8 Å². The standard InChI is InChI=1S/C16H24N2O3/c1-12(2)13-3-5-15(6-4-13)21-10-7-14-11-18(16(19)20)9-8-17-14/h3-6,12,14,17H,7-11H2,1-2H3,(H,19,20)/t14-/m1/s1. The Morgan fingerprint density at radius 3 is 2.76 bits per heavy atom. The first kappa shape index (κ1) is 15.6. The highest BCUT2D eigenvalue weighted by atomic mass is 16.5. The van der Waals surface area contributed by atoms with Gasteiger partial charge in [-0.25, -0.2) is 4.79 Å². The van der Waals surface area contributed by atoms with Gasteiger partial charge in [0.15, 0.2) is 0 Å². The van der Waals surface area contributed by atoms with Crippen LogP contribution in [0, 0.1) is 0 Å². The second kappa shape index (κ2) is 7.31. The molecule has 116 valence electrons. The van der Waals surface area contributed by atoms with E-state index >= 15 is 0 Å². The fourth-order valence-corrected chi connectivity index (χ4v) is 2.46. The lowest BCUT2D eigenvalue weighted by Crippen LogP contribution is -2.52. The summed E-state index contributed by atoms with van der Waals surface area (Å²) >= 11 is 0. The summed E-state index contributed by atoms with van der Waals surface area (Å²) in [6.07, 6.45) is -0.0397. The molecule has 0 spiro atoms. The molecule has 5 heteroatoms. The first-order valence-electron chi connectivity index (χ1n) is 7.50. The number of piperazine rings is 1. The van der Waals surface area contributed by atoms with Crippen molar-refractivity contribution >= 4 is 6.09 Å². The van der Waals surface area contributed by atoms with Crippen molar-refractivity contribution in [3.63, 3.8) is 0 Å². The Hall–Kier alpha value is -1.75. The van der Waals surface area contributed by atoms with Crippen molar-refractivity contribution in [2.75, 3.05) is 26.2 Å². The van der Waals surface area contributed by atoms with Gasteiger partial charge in [-0.2, -0.15) is 0 Å². The van der Waals surface area contributed by atoms with Gasteiger partial charge in [0.2, 0.25) is 0 Å². The monoisotopic (exact) mass is 292 g/mol. The van der Waals surface area contributed by atoms with E-state index in [1.165, 1.54) is 10.5 Å². The minimum Gasteiger partial charge on any atom is -0.494 e. The maximum absolute atomic E-state index is 10.9. The Labute approximate surface area is 125 Å². The van der Waals surface area contributed by atoms with E-state index in [1.807, 2.05) is 12.1 Å². The van der Waals surface area contributed by atoms with Gasteiger partial charge in [0, 0.05) is 25.7 Å². The molecule has 1 aliphatic heterocycles. The normalized spacial score (nSPS) is 18.8. The number of hydrogen-bond acceptors (Lipinski definition) is 3. The van der Waals surface area contributed by atoms with E-state index in [1.54, 1.807) is 0 Å². The summed E-state index contributed by atoms with van der Waals surface area (Å²) < 4.78 is 5.73. The van der Waals surface area contributed by atoms with Crippen molar-refractivity contribution in [3.8, 4) is 5.75 Å². The number of benzene rings is 1. The molecule has 21 heavy (non-hydrogen) atoms. The number of hydrogen-bond donors (Lipinski definition) is 2. The minimum absolute atomic E-state index is 0.171. The van der Waals surface area contributed by atoms with Gasteiger partial charge in [-0.05, 0) is 30.0 Å². The minimum atomic E-state index is -0.841. The molecule has 1 aromatic rings. The zero-order chi connectivity index (χ0) is 15.2. The third-order valence-electron chi connectivity index (χ3n) is 3.81. The van der Waals surface area contributed by atoms with Gasteiger partial charge in [-0.15, -0.1) is 0 Å². The molecule has 0 aromatic heterocycles. The van der Waals surface area contributed by atoms with Crippen LogP contribution in [-0.4, -0.2) is 48.4 Å². The van der Waals surface area contributed by atoms with Crippen LogP contribution in [0.2, 0.25) is 0 Å². The van der Waals surface area contributed by atoms with Crippen LogP contribution in [0.3, 0.4) is 0 Å². The van der Waals surface area contributed by atoms with Crippen LogP contribution in [-0.2, 0) is 0 Å². The van der Waals surface area contributed by atoms with Crippen LogP contribution < -0.4 is 10.1 Å². The molecule has 0 radical (unpaired) electrons. The molecule has 1 fully saturated rings. The van der Waals surface area contributed by atoms with Gasteiger partial charge in [0.25, 0.3) is 0 Å². The first-order valence-corrected chi connectivity index (χ1v) is 7.50.